The van der Waals surface area contributed by atoms with Crippen LogP contribution in [0, 0.1) is 12.7 Å². The summed E-state index contributed by atoms with van der Waals surface area (Å²) in [6.45, 7) is 4.27. The van der Waals surface area contributed by atoms with Gasteiger partial charge in [-0.1, -0.05) is 41.9 Å². The van der Waals surface area contributed by atoms with Crippen LogP contribution < -0.4 is 10.9 Å². The van der Waals surface area contributed by atoms with Crippen molar-refractivity contribution in [2.45, 2.75) is 46.3 Å². The highest BCUT2D eigenvalue weighted by atomic mass is 19.1. The fourth-order valence-corrected chi connectivity index (χ4v) is 4.18. The molecule has 1 amide bonds. The molecule has 3 aromatic heterocycles. The number of rotatable bonds is 8. The molecule has 0 radical (unpaired) electrons. The number of aryl methyl sites for hydroxylation is 2. The molecule has 9 nitrogen and oxygen atoms in total. The van der Waals surface area contributed by atoms with Gasteiger partial charge in [-0.3, -0.25) is 14.2 Å². The van der Waals surface area contributed by atoms with Crippen LogP contribution in [0.1, 0.15) is 36.2 Å². The Morgan fingerprint density at radius 3 is 2.75 bits per heavy atom. The normalized spacial score (nSPS) is 11.4. The number of carbonyl (C=O) groups excluding carboxylic acids is 1. The summed E-state index contributed by atoms with van der Waals surface area (Å²) < 4.78 is 22.3. The molecule has 0 saturated heterocycles. The molecule has 5 aromatic rings. The molecular weight excluding hydrogens is 463 g/mol. The van der Waals surface area contributed by atoms with Gasteiger partial charge in [0.25, 0.3) is 5.56 Å². The number of nitrogens with one attached hydrogen (secondary N) is 1. The summed E-state index contributed by atoms with van der Waals surface area (Å²) in [6.07, 6.45) is 2.92. The molecule has 0 saturated carbocycles. The van der Waals surface area contributed by atoms with Crippen LogP contribution in [0.4, 0.5) is 4.39 Å². The molecule has 0 aliphatic carbocycles. The Morgan fingerprint density at radius 2 is 1.97 bits per heavy atom. The third-order valence-corrected chi connectivity index (χ3v) is 5.99. The first kappa shape index (κ1) is 23.4. The summed E-state index contributed by atoms with van der Waals surface area (Å²) in [7, 11) is 0. The Hall–Kier alpha value is -4.34. The minimum absolute atomic E-state index is 0.0357. The standard InChI is InChI=1S/C26H25FN6O3/c1-3-4-21-30-23(36-31-21)14-32-15-29-24-19-11-18(27)9-10-20(19)33(25(24)26(32)35)13-22(34)28-12-17-7-5-16(2)6-8-17/h5-11,15H,3-4,12-14H2,1-2H3,(H,28,34). The molecule has 0 spiro atoms. The van der Waals surface area contributed by atoms with E-state index in [9.17, 15) is 14.0 Å². The first-order valence-corrected chi connectivity index (χ1v) is 11.7. The molecule has 0 bridgehead atoms. The fourth-order valence-electron chi connectivity index (χ4n) is 4.18. The van der Waals surface area contributed by atoms with Gasteiger partial charge in [0.15, 0.2) is 5.82 Å². The van der Waals surface area contributed by atoms with Gasteiger partial charge in [0.05, 0.1) is 11.8 Å². The molecular formula is C26H25FN6O3. The predicted octanol–water partition coefficient (Wildman–Crippen LogP) is 3.50. The summed E-state index contributed by atoms with van der Waals surface area (Å²) in [5.41, 5.74) is 2.78. The molecule has 0 aliphatic heterocycles. The molecule has 184 valence electrons. The second-order valence-electron chi connectivity index (χ2n) is 8.74. The number of hydrogen-bond acceptors (Lipinski definition) is 6. The molecule has 5 rings (SSSR count). The minimum atomic E-state index is -0.453. The summed E-state index contributed by atoms with van der Waals surface area (Å²) in [6, 6.07) is 12.0. The molecule has 36 heavy (non-hydrogen) atoms. The maximum Gasteiger partial charge on any atom is 0.278 e. The van der Waals surface area contributed by atoms with Gasteiger partial charge >= 0.3 is 0 Å². The number of fused-ring (bicyclic) bond motifs is 3. The number of amides is 1. The lowest BCUT2D eigenvalue weighted by molar-refractivity contribution is -0.121. The van der Waals surface area contributed by atoms with Gasteiger partial charge in [-0.2, -0.15) is 4.98 Å². The van der Waals surface area contributed by atoms with Crippen LogP contribution in [-0.4, -0.2) is 30.2 Å². The molecule has 0 fully saturated rings. The summed E-state index contributed by atoms with van der Waals surface area (Å²) in [5, 5.41) is 7.28. The van der Waals surface area contributed by atoms with Gasteiger partial charge in [-0.25, -0.2) is 9.37 Å². The summed E-state index contributed by atoms with van der Waals surface area (Å²) in [5.74, 6) is 0.121. The Morgan fingerprint density at radius 1 is 1.17 bits per heavy atom. The fraction of sp³-hybridized carbons (Fsp3) is 0.269. The van der Waals surface area contributed by atoms with E-state index in [2.05, 4.69) is 20.4 Å². The second kappa shape index (κ2) is 9.73. The molecule has 10 heteroatoms. The van der Waals surface area contributed by atoms with Crippen molar-refractivity contribution in [3.63, 3.8) is 0 Å². The zero-order valence-electron chi connectivity index (χ0n) is 20.0. The average molecular weight is 489 g/mol. The lowest BCUT2D eigenvalue weighted by Crippen LogP contribution is -2.29. The van der Waals surface area contributed by atoms with Crippen molar-refractivity contribution in [1.82, 2.24) is 29.6 Å². The van der Waals surface area contributed by atoms with E-state index < -0.39 is 11.4 Å². The van der Waals surface area contributed by atoms with Crippen LogP contribution in [0.15, 0.2) is 58.1 Å². The average Bonchev–Trinajstić information content (AvgIpc) is 3.43. The van der Waals surface area contributed by atoms with E-state index in [1.54, 1.807) is 10.6 Å². The van der Waals surface area contributed by atoms with Crippen LogP contribution in [0.2, 0.25) is 0 Å². The van der Waals surface area contributed by atoms with Crippen LogP contribution in [0.3, 0.4) is 0 Å². The number of hydrogen-bond donors (Lipinski definition) is 1. The lowest BCUT2D eigenvalue weighted by atomic mass is 10.1. The maximum atomic E-state index is 14.1. The van der Waals surface area contributed by atoms with Crippen LogP contribution >= 0.6 is 0 Å². The van der Waals surface area contributed by atoms with Crippen molar-refractivity contribution in [2.24, 2.45) is 0 Å². The number of benzene rings is 2. The summed E-state index contributed by atoms with van der Waals surface area (Å²) in [4.78, 5) is 35.2. The van der Waals surface area contributed by atoms with Crippen molar-refractivity contribution >= 4 is 27.8 Å². The second-order valence-corrected chi connectivity index (χ2v) is 8.74. The lowest BCUT2D eigenvalue weighted by Gasteiger charge is -2.09. The topological polar surface area (TPSA) is 108 Å². The third kappa shape index (κ3) is 4.61. The summed E-state index contributed by atoms with van der Waals surface area (Å²) >= 11 is 0. The molecule has 1 N–H and O–H groups in total. The Bertz CT molecular complexity index is 1620. The van der Waals surface area contributed by atoms with E-state index in [-0.39, 0.29) is 30.4 Å². The van der Waals surface area contributed by atoms with E-state index >= 15 is 0 Å². The van der Waals surface area contributed by atoms with E-state index in [4.69, 9.17) is 4.52 Å². The highest BCUT2D eigenvalue weighted by Gasteiger charge is 2.20. The van der Waals surface area contributed by atoms with Crippen molar-refractivity contribution in [2.75, 3.05) is 0 Å². The Labute approximate surface area is 205 Å². The van der Waals surface area contributed by atoms with Crippen LogP contribution in [0.5, 0.6) is 0 Å². The highest BCUT2D eigenvalue weighted by molar-refractivity contribution is 6.06. The van der Waals surface area contributed by atoms with Gasteiger partial charge in [-0.15, -0.1) is 0 Å². The van der Waals surface area contributed by atoms with Crippen molar-refractivity contribution in [1.29, 1.82) is 0 Å². The number of nitrogens with zero attached hydrogens (tertiary/aromatic N) is 5. The SMILES string of the molecule is CCCc1noc(Cn2cnc3c4cc(F)ccc4n(CC(=O)NCc4ccc(C)cc4)c3c2=O)n1. The molecule has 0 atom stereocenters. The molecule has 0 aliphatic rings. The van der Waals surface area contributed by atoms with Gasteiger partial charge in [0, 0.05) is 18.4 Å². The quantitative estimate of drug-likeness (QED) is 0.358. The van der Waals surface area contributed by atoms with E-state index in [1.807, 2.05) is 38.1 Å². The Balaban J connectivity index is 1.50. The number of aromatic nitrogens is 5. The van der Waals surface area contributed by atoms with E-state index in [0.29, 0.717) is 35.2 Å². The number of halogens is 1. The zero-order chi connectivity index (χ0) is 25.2. The number of carbonyl (C=O) groups is 1. The van der Waals surface area contributed by atoms with Gasteiger partial charge in [0.1, 0.15) is 29.9 Å². The predicted molar refractivity (Wildman–Crippen MR) is 132 cm³/mol. The monoisotopic (exact) mass is 488 g/mol. The van der Waals surface area contributed by atoms with Crippen molar-refractivity contribution in [3.8, 4) is 0 Å². The van der Waals surface area contributed by atoms with Gasteiger partial charge < -0.3 is 14.4 Å². The highest BCUT2D eigenvalue weighted by Crippen LogP contribution is 2.26. The van der Waals surface area contributed by atoms with Crippen LogP contribution in [-0.2, 0) is 30.8 Å². The molecule has 2 aromatic carbocycles. The third-order valence-electron chi connectivity index (χ3n) is 5.99. The van der Waals surface area contributed by atoms with Gasteiger partial charge in [0.2, 0.25) is 11.8 Å². The smallest absolute Gasteiger partial charge is 0.278 e. The molecule has 0 unspecified atom stereocenters. The van der Waals surface area contributed by atoms with E-state index in [1.165, 1.54) is 23.0 Å². The first-order valence-electron chi connectivity index (χ1n) is 11.7. The van der Waals surface area contributed by atoms with E-state index in [0.717, 1.165) is 17.5 Å². The van der Waals surface area contributed by atoms with Crippen molar-refractivity contribution < 1.29 is 13.7 Å². The zero-order valence-corrected chi connectivity index (χ0v) is 20.0. The van der Waals surface area contributed by atoms with Crippen LogP contribution in [0.25, 0.3) is 21.9 Å². The first-order chi connectivity index (χ1) is 17.4. The van der Waals surface area contributed by atoms with Crippen molar-refractivity contribution in [3.05, 3.63) is 87.8 Å². The maximum absolute atomic E-state index is 14.1. The van der Waals surface area contributed by atoms with Gasteiger partial charge in [-0.05, 0) is 37.1 Å². The molecule has 3 heterocycles. The largest absolute Gasteiger partial charge is 0.350 e. The minimum Gasteiger partial charge on any atom is -0.350 e. The Kier molecular flexibility index (Phi) is 6.32.